The van der Waals surface area contributed by atoms with Crippen molar-refractivity contribution in [3.63, 3.8) is 0 Å². The number of hydrogen-bond donors (Lipinski definition) is 0. The van der Waals surface area contributed by atoms with Crippen molar-refractivity contribution in [2.24, 2.45) is 0 Å². The molecular weight excluding hydrogens is 352 g/mol. The Morgan fingerprint density at radius 3 is 2.25 bits per heavy atom. The van der Waals surface area contributed by atoms with Gasteiger partial charge in [0, 0.05) is 17.6 Å². The van der Waals surface area contributed by atoms with E-state index in [0.717, 1.165) is 10.4 Å². The van der Waals surface area contributed by atoms with Crippen LogP contribution in [0.4, 0.5) is 14.5 Å². The molecule has 0 radical (unpaired) electrons. The van der Waals surface area contributed by atoms with Crippen molar-refractivity contribution in [2.75, 3.05) is 11.4 Å². The monoisotopic (exact) mass is 361 g/mol. The Balaban J connectivity index is 2.57. The Hall–Kier alpha value is -1.47. The number of hydrogen-bond acceptors (Lipinski definition) is 2. The fourth-order valence-corrected chi connectivity index (χ4v) is 3.99. The Labute approximate surface area is 124 Å². The highest BCUT2D eigenvalue weighted by atomic mass is 79.9. The van der Waals surface area contributed by atoms with Gasteiger partial charge in [-0.25, -0.2) is 17.2 Å². The third-order valence-electron chi connectivity index (χ3n) is 2.70. The molecule has 2 rings (SSSR count). The first kappa shape index (κ1) is 14.9. The maximum Gasteiger partial charge on any atom is 0.268 e. The second kappa shape index (κ2) is 5.49. The summed E-state index contributed by atoms with van der Waals surface area (Å²) < 4.78 is 52.5. The SMILES string of the molecule is CN(c1ccccc1)S(=O)(=O)c1c(F)cc(F)cc1Br. The number of anilines is 1. The Bertz CT molecular complexity index is 712. The van der Waals surface area contributed by atoms with E-state index in [2.05, 4.69) is 15.9 Å². The standard InChI is InChI=1S/C13H10BrF2NO2S/c1-17(10-5-3-2-4-6-10)20(18,19)13-11(14)7-9(15)8-12(13)16/h2-8H,1H3. The second-order valence-corrected chi connectivity index (χ2v) is 6.77. The van der Waals surface area contributed by atoms with E-state index in [0.29, 0.717) is 11.8 Å². The van der Waals surface area contributed by atoms with Gasteiger partial charge < -0.3 is 0 Å². The van der Waals surface area contributed by atoms with Crippen LogP contribution in [0.5, 0.6) is 0 Å². The van der Waals surface area contributed by atoms with Crippen molar-refractivity contribution >= 4 is 31.6 Å². The molecule has 0 saturated heterocycles. The highest BCUT2D eigenvalue weighted by Gasteiger charge is 2.28. The molecule has 0 spiro atoms. The van der Waals surface area contributed by atoms with Gasteiger partial charge in [-0.05, 0) is 34.1 Å². The molecule has 3 nitrogen and oxygen atoms in total. The van der Waals surface area contributed by atoms with E-state index in [1.54, 1.807) is 30.3 Å². The fourth-order valence-electron chi connectivity index (χ4n) is 1.69. The quantitative estimate of drug-likeness (QED) is 0.838. The maximum atomic E-state index is 13.8. The molecule has 2 aromatic carbocycles. The first-order valence-corrected chi connectivity index (χ1v) is 7.76. The summed E-state index contributed by atoms with van der Waals surface area (Å²) >= 11 is 2.89. The molecule has 0 aliphatic heterocycles. The van der Waals surface area contributed by atoms with Gasteiger partial charge in [0.1, 0.15) is 16.5 Å². The van der Waals surface area contributed by atoms with Gasteiger partial charge in [-0.15, -0.1) is 0 Å². The lowest BCUT2D eigenvalue weighted by Gasteiger charge is -2.20. The van der Waals surface area contributed by atoms with Gasteiger partial charge in [-0.2, -0.15) is 0 Å². The van der Waals surface area contributed by atoms with Gasteiger partial charge in [0.05, 0.1) is 5.69 Å². The third-order valence-corrected chi connectivity index (χ3v) is 5.45. The molecule has 0 amide bonds. The number of sulfonamides is 1. The molecule has 0 atom stereocenters. The molecule has 0 aromatic heterocycles. The Morgan fingerprint density at radius 1 is 1.10 bits per heavy atom. The first-order chi connectivity index (χ1) is 9.34. The molecule has 0 aliphatic rings. The van der Waals surface area contributed by atoms with E-state index >= 15 is 0 Å². The topological polar surface area (TPSA) is 37.4 Å². The molecule has 0 saturated carbocycles. The molecule has 0 aliphatic carbocycles. The molecular formula is C13H10BrF2NO2S. The second-order valence-electron chi connectivity index (χ2n) is 4.01. The smallest absolute Gasteiger partial charge is 0.268 e. The normalized spacial score (nSPS) is 11.4. The first-order valence-electron chi connectivity index (χ1n) is 5.52. The van der Waals surface area contributed by atoms with Crippen molar-refractivity contribution in [2.45, 2.75) is 4.90 Å². The van der Waals surface area contributed by atoms with Gasteiger partial charge in [0.25, 0.3) is 10.0 Å². The molecule has 0 unspecified atom stereocenters. The predicted molar refractivity (Wildman–Crippen MR) is 76.1 cm³/mol. The molecule has 106 valence electrons. The molecule has 0 N–H and O–H groups in total. The lowest BCUT2D eigenvalue weighted by Crippen LogP contribution is -2.27. The van der Waals surface area contributed by atoms with Crippen LogP contribution in [0.3, 0.4) is 0 Å². The predicted octanol–water partition coefficient (Wildman–Crippen LogP) is 3.55. The van der Waals surface area contributed by atoms with Crippen molar-refractivity contribution < 1.29 is 17.2 Å². The van der Waals surface area contributed by atoms with Gasteiger partial charge in [-0.3, -0.25) is 4.31 Å². The van der Waals surface area contributed by atoms with Crippen LogP contribution < -0.4 is 4.31 Å². The van der Waals surface area contributed by atoms with Crippen molar-refractivity contribution in [1.82, 2.24) is 0 Å². The van der Waals surface area contributed by atoms with Gasteiger partial charge in [-0.1, -0.05) is 18.2 Å². The highest BCUT2D eigenvalue weighted by molar-refractivity contribution is 9.10. The molecule has 2 aromatic rings. The zero-order chi connectivity index (χ0) is 14.9. The molecule has 20 heavy (non-hydrogen) atoms. The van der Waals surface area contributed by atoms with Crippen LogP contribution >= 0.6 is 15.9 Å². The summed E-state index contributed by atoms with van der Waals surface area (Å²) in [6, 6.07) is 9.66. The van der Waals surface area contributed by atoms with Crippen molar-refractivity contribution in [1.29, 1.82) is 0 Å². The minimum absolute atomic E-state index is 0.155. The summed E-state index contributed by atoms with van der Waals surface area (Å²) in [7, 11) is -2.82. The van der Waals surface area contributed by atoms with E-state index in [9.17, 15) is 17.2 Å². The summed E-state index contributed by atoms with van der Waals surface area (Å²) in [5, 5.41) is 0. The maximum absolute atomic E-state index is 13.8. The lowest BCUT2D eigenvalue weighted by atomic mass is 10.3. The van der Waals surface area contributed by atoms with E-state index in [1.165, 1.54) is 7.05 Å². The fraction of sp³-hybridized carbons (Fsp3) is 0.0769. The van der Waals surface area contributed by atoms with E-state index in [4.69, 9.17) is 0 Å². The third kappa shape index (κ3) is 2.69. The lowest BCUT2D eigenvalue weighted by molar-refractivity contribution is 0.546. The van der Waals surface area contributed by atoms with Crippen LogP contribution in [0, 0.1) is 11.6 Å². The number of para-hydroxylation sites is 1. The zero-order valence-corrected chi connectivity index (χ0v) is 12.7. The van der Waals surface area contributed by atoms with Crippen LogP contribution in [0.2, 0.25) is 0 Å². The number of rotatable bonds is 3. The largest absolute Gasteiger partial charge is 0.269 e. The Kier molecular flexibility index (Phi) is 4.10. The van der Waals surface area contributed by atoms with Crippen molar-refractivity contribution in [3.05, 3.63) is 58.6 Å². The molecule has 0 fully saturated rings. The minimum Gasteiger partial charge on any atom is -0.269 e. The average Bonchev–Trinajstić information content (AvgIpc) is 2.37. The molecule has 7 heteroatoms. The van der Waals surface area contributed by atoms with E-state index < -0.39 is 26.6 Å². The van der Waals surface area contributed by atoms with Gasteiger partial charge in [0.2, 0.25) is 0 Å². The van der Waals surface area contributed by atoms with Gasteiger partial charge in [0.15, 0.2) is 0 Å². The average molecular weight is 362 g/mol. The summed E-state index contributed by atoms with van der Waals surface area (Å²) in [5.41, 5.74) is 0.378. The summed E-state index contributed by atoms with van der Waals surface area (Å²) in [5.74, 6) is -1.99. The Morgan fingerprint density at radius 2 is 1.70 bits per heavy atom. The molecule has 0 bridgehead atoms. The summed E-state index contributed by atoms with van der Waals surface area (Å²) in [6.07, 6.45) is 0. The number of benzene rings is 2. The van der Waals surface area contributed by atoms with E-state index in [1.807, 2.05) is 0 Å². The van der Waals surface area contributed by atoms with Crippen LogP contribution in [0.15, 0.2) is 51.8 Å². The number of halogens is 3. The zero-order valence-electron chi connectivity index (χ0n) is 10.3. The molecule has 0 heterocycles. The van der Waals surface area contributed by atoms with Crippen LogP contribution in [0.25, 0.3) is 0 Å². The summed E-state index contributed by atoms with van der Waals surface area (Å²) in [4.78, 5) is -0.592. The van der Waals surface area contributed by atoms with Gasteiger partial charge >= 0.3 is 0 Å². The van der Waals surface area contributed by atoms with Crippen LogP contribution in [-0.4, -0.2) is 15.5 Å². The van der Waals surface area contributed by atoms with Crippen LogP contribution in [-0.2, 0) is 10.0 Å². The van der Waals surface area contributed by atoms with Crippen LogP contribution in [0.1, 0.15) is 0 Å². The number of nitrogens with zero attached hydrogens (tertiary/aromatic N) is 1. The highest BCUT2D eigenvalue weighted by Crippen LogP contribution is 2.30. The van der Waals surface area contributed by atoms with E-state index in [-0.39, 0.29) is 4.47 Å². The summed E-state index contributed by atoms with van der Waals surface area (Å²) in [6.45, 7) is 0. The van der Waals surface area contributed by atoms with Crippen molar-refractivity contribution in [3.8, 4) is 0 Å². The minimum atomic E-state index is -4.13.